The largest absolute Gasteiger partial charge is 0.495 e. The molecule has 5 nitrogen and oxygen atoms in total. The monoisotopic (exact) mass is 337 g/mol. The molecule has 0 radical (unpaired) electrons. The molecular weight excluding hydrogens is 326 g/mol. The van der Waals surface area contributed by atoms with Crippen LogP contribution in [0.4, 0.5) is 0 Å². The van der Waals surface area contributed by atoms with E-state index in [0.717, 1.165) is 10.8 Å². The molecule has 0 aliphatic rings. The summed E-state index contributed by atoms with van der Waals surface area (Å²) in [6.07, 6.45) is 0. The van der Waals surface area contributed by atoms with E-state index in [1.165, 1.54) is 4.68 Å². The summed E-state index contributed by atoms with van der Waals surface area (Å²) >= 11 is 6.31. The number of ether oxygens (including phenoxy) is 1. The van der Waals surface area contributed by atoms with E-state index in [1.807, 2.05) is 42.5 Å². The van der Waals surface area contributed by atoms with Crippen LogP contribution in [0.1, 0.15) is 10.4 Å². The number of nitrogens with zero attached hydrogens (tertiary/aromatic N) is 3. The Morgan fingerprint density at radius 2 is 1.79 bits per heavy atom. The quantitative estimate of drug-likeness (QED) is 0.556. The zero-order chi connectivity index (χ0) is 16.7. The van der Waals surface area contributed by atoms with Crippen molar-refractivity contribution in [2.45, 2.75) is 0 Å². The van der Waals surface area contributed by atoms with Gasteiger partial charge in [-0.3, -0.25) is 4.79 Å². The number of hydrogen-bond acceptors (Lipinski definition) is 4. The molecule has 4 aromatic rings. The minimum absolute atomic E-state index is 0.288. The molecule has 1 heterocycles. The van der Waals surface area contributed by atoms with Crippen molar-refractivity contribution in [2.75, 3.05) is 7.11 Å². The van der Waals surface area contributed by atoms with Crippen molar-refractivity contribution >= 4 is 39.3 Å². The standard InChI is InChI=1S/C18H12ClN3O2/c1-24-17-12-7-3-2-6-11(12)13(10-14(17)19)18(23)22-16-9-5-4-8-15(16)20-21-22/h2-10H,1H3. The van der Waals surface area contributed by atoms with E-state index in [1.54, 1.807) is 19.2 Å². The Labute approximate surface area is 142 Å². The van der Waals surface area contributed by atoms with Gasteiger partial charge < -0.3 is 4.74 Å². The first-order chi connectivity index (χ1) is 11.7. The van der Waals surface area contributed by atoms with Gasteiger partial charge in [-0.1, -0.05) is 53.2 Å². The SMILES string of the molecule is COc1c(Cl)cc(C(=O)n2nnc3ccccc32)c2ccccc12. The van der Waals surface area contributed by atoms with Gasteiger partial charge >= 0.3 is 0 Å². The minimum Gasteiger partial charge on any atom is -0.495 e. The molecule has 6 heteroatoms. The minimum atomic E-state index is -0.288. The summed E-state index contributed by atoms with van der Waals surface area (Å²) in [7, 11) is 1.56. The summed E-state index contributed by atoms with van der Waals surface area (Å²) in [5.74, 6) is 0.261. The zero-order valence-corrected chi connectivity index (χ0v) is 13.5. The Morgan fingerprint density at radius 1 is 1.08 bits per heavy atom. The molecule has 0 aliphatic heterocycles. The average Bonchev–Trinajstić information content (AvgIpc) is 3.04. The van der Waals surface area contributed by atoms with Crippen molar-refractivity contribution < 1.29 is 9.53 Å². The smallest absolute Gasteiger partial charge is 0.280 e. The maximum absolute atomic E-state index is 13.0. The molecule has 0 unspecified atom stereocenters. The Bertz CT molecular complexity index is 1090. The molecule has 0 saturated heterocycles. The van der Waals surface area contributed by atoms with Crippen molar-refractivity contribution in [3.8, 4) is 5.75 Å². The van der Waals surface area contributed by atoms with Crippen LogP contribution in [0.25, 0.3) is 21.8 Å². The summed E-state index contributed by atoms with van der Waals surface area (Å²) < 4.78 is 6.67. The van der Waals surface area contributed by atoms with Crippen molar-refractivity contribution in [1.29, 1.82) is 0 Å². The molecule has 0 aliphatic carbocycles. The molecule has 0 spiro atoms. The number of aromatic nitrogens is 3. The van der Waals surface area contributed by atoms with E-state index in [0.29, 0.717) is 27.4 Å². The lowest BCUT2D eigenvalue weighted by Gasteiger charge is -2.11. The topological polar surface area (TPSA) is 57.0 Å². The van der Waals surface area contributed by atoms with E-state index >= 15 is 0 Å². The van der Waals surface area contributed by atoms with Crippen LogP contribution in [0.15, 0.2) is 54.6 Å². The molecule has 1 aromatic heterocycles. The lowest BCUT2D eigenvalue weighted by Crippen LogP contribution is -2.14. The molecule has 0 fully saturated rings. The molecule has 118 valence electrons. The number of fused-ring (bicyclic) bond motifs is 2. The van der Waals surface area contributed by atoms with Gasteiger partial charge in [-0.2, -0.15) is 4.68 Å². The Hall–Kier alpha value is -2.92. The summed E-state index contributed by atoms with van der Waals surface area (Å²) in [5, 5.41) is 9.94. The average molecular weight is 338 g/mol. The highest BCUT2D eigenvalue weighted by atomic mass is 35.5. The van der Waals surface area contributed by atoms with Gasteiger partial charge in [0.1, 0.15) is 11.3 Å². The van der Waals surface area contributed by atoms with Gasteiger partial charge in [-0.15, -0.1) is 5.10 Å². The van der Waals surface area contributed by atoms with Crippen molar-refractivity contribution in [1.82, 2.24) is 15.0 Å². The lowest BCUT2D eigenvalue weighted by atomic mass is 10.0. The predicted octanol–water partition coefficient (Wildman–Crippen LogP) is 3.94. The summed E-state index contributed by atoms with van der Waals surface area (Å²) in [6.45, 7) is 0. The first kappa shape index (κ1) is 14.7. The van der Waals surface area contributed by atoms with Crippen LogP contribution in [0.5, 0.6) is 5.75 Å². The summed E-state index contributed by atoms with van der Waals surface area (Å²) in [5.41, 5.74) is 1.76. The highest BCUT2D eigenvalue weighted by Gasteiger charge is 2.20. The van der Waals surface area contributed by atoms with Gasteiger partial charge in [0.15, 0.2) is 0 Å². The summed E-state index contributed by atoms with van der Waals surface area (Å²) in [4.78, 5) is 13.0. The van der Waals surface area contributed by atoms with Crippen LogP contribution < -0.4 is 4.74 Å². The van der Waals surface area contributed by atoms with Crippen LogP contribution in [0.2, 0.25) is 5.02 Å². The molecule has 0 saturated carbocycles. The fraction of sp³-hybridized carbons (Fsp3) is 0.0556. The molecule has 4 rings (SSSR count). The molecule has 3 aromatic carbocycles. The van der Waals surface area contributed by atoms with Gasteiger partial charge in [0.05, 0.1) is 23.2 Å². The second-order valence-electron chi connectivity index (χ2n) is 5.28. The van der Waals surface area contributed by atoms with E-state index in [9.17, 15) is 4.79 Å². The number of carbonyl (C=O) groups is 1. The molecule has 0 amide bonds. The van der Waals surface area contributed by atoms with Crippen LogP contribution >= 0.6 is 11.6 Å². The molecular formula is C18H12ClN3O2. The number of methoxy groups -OCH3 is 1. The fourth-order valence-corrected chi connectivity index (χ4v) is 3.12. The van der Waals surface area contributed by atoms with Gasteiger partial charge in [-0.05, 0) is 23.6 Å². The number of rotatable bonds is 2. The number of benzene rings is 3. The van der Waals surface area contributed by atoms with E-state index in [2.05, 4.69) is 10.3 Å². The van der Waals surface area contributed by atoms with Gasteiger partial charge in [0, 0.05) is 5.39 Å². The van der Waals surface area contributed by atoms with E-state index < -0.39 is 0 Å². The Kier molecular flexibility index (Phi) is 3.43. The third kappa shape index (κ3) is 2.13. The third-order valence-corrected chi connectivity index (χ3v) is 4.21. The van der Waals surface area contributed by atoms with Crippen LogP contribution in [0, 0.1) is 0 Å². The maximum Gasteiger partial charge on any atom is 0.280 e. The van der Waals surface area contributed by atoms with Crippen molar-refractivity contribution in [3.05, 3.63) is 65.2 Å². The van der Waals surface area contributed by atoms with Crippen LogP contribution in [-0.2, 0) is 0 Å². The second-order valence-corrected chi connectivity index (χ2v) is 5.69. The van der Waals surface area contributed by atoms with Crippen LogP contribution in [0.3, 0.4) is 0 Å². The first-order valence-corrected chi connectivity index (χ1v) is 7.69. The predicted molar refractivity (Wildman–Crippen MR) is 92.8 cm³/mol. The van der Waals surface area contributed by atoms with Gasteiger partial charge in [-0.25, -0.2) is 0 Å². The van der Waals surface area contributed by atoms with Gasteiger partial charge in [0.25, 0.3) is 5.91 Å². The molecule has 0 atom stereocenters. The maximum atomic E-state index is 13.0. The number of carbonyl (C=O) groups excluding carboxylic acids is 1. The molecule has 24 heavy (non-hydrogen) atoms. The summed E-state index contributed by atoms with van der Waals surface area (Å²) in [6, 6.07) is 16.4. The highest BCUT2D eigenvalue weighted by Crippen LogP contribution is 2.36. The number of hydrogen-bond donors (Lipinski definition) is 0. The Morgan fingerprint density at radius 3 is 2.58 bits per heavy atom. The van der Waals surface area contributed by atoms with Gasteiger partial charge in [0.2, 0.25) is 0 Å². The van der Waals surface area contributed by atoms with E-state index in [4.69, 9.17) is 16.3 Å². The highest BCUT2D eigenvalue weighted by molar-refractivity contribution is 6.34. The second kappa shape index (κ2) is 5.62. The lowest BCUT2D eigenvalue weighted by molar-refractivity contribution is 0.0950. The van der Waals surface area contributed by atoms with Crippen molar-refractivity contribution in [3.63, 3.8) is 0 Å². The number of halogens is 1. The molecule has 0 N–H and O–H groups in total. The zero-order valence-electron chi connectivity index (χ0n) is 12.7. The fourth-order valence-electron chi connectivity index (χ4n) is 2.83. The normalized spacial score (nSPS) is 11.1. The first-order valence-electron chi connectivity index (χ1n) is 7.31. The molecule has 0 bridgehead atoms. The Balaban J connectivity index is 1.98. The van der Waals surface area contributed by atoms with Crippen molar-refractivity contribution in [2.24, 2.45) is 0 Å². The van der Waals surface area contributed by atoms with Crippen LogP contribution in [-0.4, -0.2) is 28.0 Å². The third-order valence-electron chi connectivity index (χ3n) is 3.93. The number of para-hydroxylation sites is 1. The van der Waals surface area contributed by atoms with E-state index in [-0.39, 0.29) is 5.91 Å².